The molecular formula is C20H23FN2O. The summed E-state index contributed by atoms with van der Waals surface area (Å²) in [4.78, 5) is 2.18. The lowest BCUT2D eigenvalue weighted by Gasteiger charge is -2.11. The van der Waals surface area contributed by atoms with Crippen molar-refractivity contribution in [2.24, 2.45) is 0 Å². The maximum Gasteiger partial charge on any atom is 0.123 e. The van der Waals surface area contributed by atoms with Crippen LogP contribution in [0.15, 0.2) is 42.5 Å². The third-order valence-electron chi connectivity index (χ3n) is 3.80. The predicted molar refractivity (Wildman–Crippen MR) is 93.0 cm³/mol. The molecule has 0 bridgehead atoms. The molecule has 126 valence electrons. The van der Waals surface area contributed by atoms with E-state index in [1.165, 1.54) is 25.1 Å². The Kier molecular flexibility index (Phi) is 6.48. The maximum absolute atomic E-state index is 12.9. The molecule has 0 spiro atoms. The molecule has 0 saturated heterocycles. The SMILES string of the molecule is CCCN(C)C.N#Cc1ccc2c(c1)COC2c1ccc(F)cc1. The van der Waals surface area contributed by atoms with Gasteiger partial charge in [0.2, 0.25) is 0 Å². The molecule has 1 aliphatic heterocycles. The minimum Gasteiger partial charge on any atom is -0.364 e. The second-order valence-electron chi connectivity index (χ2n) is 6.07. The van der Waals surface area contributed by atoms with Crippen molar-refractivity contribution in [1.82, 2.24) is 4.90 Å². The number of benzene rings is 2. The number of hydrogen-bond acceptors (Lipinski definition) is 3. The van der Waals surface area contributed by atoms with Gasteiger partial charge in [-0.15, -0.1) is 0 Å². The van der Waals surface area contributed by atoms with E-state index in [9.17, 15) is 4.39 Å². The molecule has 2 aromatic rings. The van der Waals surface area contributed by atoms with Crippen LogP contribution in [0, 0.1) is 17.1 Å². The molecule has 0 N–H and O–H groups in total. The Bertz CT molecular complexity index is 705. The summed E-state index contributed by atoms with van der Waals surface area (Å²) in [6, 6.07) is 14.0. The quantitative estimate of drug-likeness (QED) is 0.845. The molecule has 0 radical (unpaired) electrons. The van der Waals surface area contributed by atoms with Gasteiger partial charge in [-0.3, -0.25) is 0 Å². The fourth-order valence-corrected chi connectivity index (χ4v) is 2.68. The molecule has 3 rings (SSSR count). The van der Waals surface area contributed by atoms with Crippen LogP contribution < -0.4 is 0 Å². The van der Waals surface area contributed by atoms with Crippen molar-refractivity contribution < 1.29 is 9.13 Å². The Balaban J connectivity index is 0.000000301. The molecule has 0 saturated carbocycles. The third kappa shape index (κ3) is 4.64. The van der Waals surface area contributed by atoms with Gasteiger partial charge >= 0.3 is 0 Å². The average Bonchev–Trinajstić information content (AvgIpc) is 2.99. The second-order valence-corrected chi connectivity index (χ2v) is 6.07. The number of nitriles is 1. The van der Waals surface area contributed by atoms with Crippen molar-refractivity contribution in [2.45, 2.75) is 26.1 Å². The molecule has 4 heteroatoms. The fourth-order valence-electron chi connectivity index (χ4n) is 2.68. The lowest BCUT2D eigenvalue weighted by Crippen LogP contribution is -2.11. The number of rotatable bonds is 3. The normalized spacial score (nSPS) is 15.4. The Hall–Kier alpha value is -2.22. The van der Waals surface area contributed by atoms with Gasteiger partial charge < -0.3 is 9.64 Å². The van der Waals surface area contributed by atoms with Crippen LogP contribution in [0.25, 0.3) is 0 Å². The Morgan fingerprint density at radius 1 is 1.21 bits per heavy atom. The minimum absolute atomic E-state index is 0.159. The highest BCUT2D eigenvalue weighted by Crippen LogP contribution is 2.36. The van der Waals surface area contributed by atoms with Gasteiger partial charge in [-0.25, -0.2) is 4.39 Å². The predicted octanol–water partition coefficient (Wildman–Crippen LogP) is 4.27. The van der Waals surface area contributed by atoms with Gasteiger partial charge in [-0.2, -0.15) is 5.26 Å². The van der Waals surface area contributed by atoms with Gasteiger partial charge in [0, 0.05) is 0 Å². The summed E-state index contributed by atoms with van der Waals surface area (Å²) in [5, 5.41) is 8.85. The first-order chi connectivity index (χ1) is 11.5. The van der Waals surface area contributed by atoms with Crippen LogP contribution in [-0.2, 0) is 11.3 Å². The highest BCUT2D eigenvalue weighted by atomic mass is 19.1. The van der Waals surface area contributed by atoms with Gasteiger partial charge in [-0.1, -0.05) is 25.1 Å². The Morgan fingerprint density at radius 3 is 2.46 bits per heavy atom. The highest BCUT2D eigenvalue weighted by molar-refractivity contribution is 5.44. The summed E-state index contributed by atoms with van der Waals surface area (Å²) in [5.74, 6) is -0.253. The van der Waals surface area contributed by atoms with Crippen molar-refractivity contribution in [3.63, 3.8) is 0 Å². The molecule has 1 atom stereocenters. The van der Waals surface area contributed by atoms with Crippen molar-refractivity contribution in [1.29, 1.82) is 5.26 Å². The van der Waals surface area contributed by atoms with Crippen LogP contribution in [0.3, 0.4) is 0 Å². The van der Waals surface area contributed by atoms with E-state index in [-0.39, 0.29) is 11.9 Å². The van der Waals surface area contributed by atoms with E-state index in [0.717, 1.165) is 16.7 Å². The number of ether oxygens (including phenoxy) is 1. The van der Waals surface area contributed by atoms with E-state index in [4.69, 9.17) is 10.00 Å². The summed E-state index contributed by atoms with van der Waals surface area (Å²) in [6.07, 6.45) is 1.10. The van der Waals surface area contributed by atoms with Gasteiger partial charge in [-0.05, 0) is 68.0 Å². The van der Waals surface area contributed by atoms with Gasteiger partial charge in [0.1, 0.15) is 11.9 Å². The van der Waals surface area contributed by atoms with E-state index < -0.39 is 0 Å². The number of fused-ring (bicyclic) bond motifs is 1. The van der Waals surface area contributed by atoms with Crippen molar-refractivity contribution in [3.05, 3.63) is 70.5 Å². The van der Waals surface area contributed by atoms with Gasteiger partial charge in [0.25, 0.3) is 0 Å². The third-order valence-corrected chi connectivity index (χ3v) is 3.80. The molecule has 24 heavy (non-hydrogen) atoms. The number of halogens is 1. The van der Waals surface area contributed by atoms with Crippen LogP contribution in [0.4, 0.5) is 4.39 Å². The van der Waals surface area contributed by atoms with Crippen molar-refractivity contribution in [2.75, 3.05) is 20.6 Å². The van der Waals surface area contributed by atoms with E-state index in [1.54, 1.807) is 18.2 Å². The molecule has 1 aliphatic rings. The highest BCUT2D eigenvalue weighted by Gasteiger charge is 2.24. The zero-order chi connectivity index (χ0) is 17.5. The smallest absolute Gasteiger partial charge is 0.123 e. The van der Waals surface area contributed by atoms with Crippen LogP contribution in [0.1, 0.15) is 41.7 Å². The topological polar surface area (TPSA) is 36.3 Å². The zero-order valence-electron chi connectivity index (χ0n) is 14.4. The van der Waals surface area contributed by atoms with Crippen LogP contribution >= 0.6 is 0 Å². The molecule has 1 heterocycles. The molecule has 1 unspecified atom stereocenters. The van der Waals surface area contributed by atoms with Crippen LogP contribution in [0.2, 0.25) is 0 Å². The van der Waals surface area contributed by atoms with E-state index in [1.807, 2.05) is 12.1 Å². The molecule has 3 nitrogen and oxygen atoms in total. The monoisotopic (exact) mass is 326 g/mol. The zero-order valence-corrected chi connectivity index (χ0v) is 14.4. The Morgan fingerprint density at radius 2 is 1.92 bits per heavy atom. The molecule has 0 aromatic heterocycles. The molecular weight excluding hydrogens is 303 g/mol. The first-order valence-electron chi connectivity index (χ1n) is 8.10. The minimum atomic E-state index is -0.253. The van der Waals surface area contributed by atoms with Gasteiger partial charge in [0.05, 0.1) is 18.2 Å². The van der Waals surface area contributed by atoms with Crippen LogP contribution in [-0.4, -0.2) is 25.5 Å². The average molecular weight is 326 g/mol. The van der Waals surface area contributed by atoms with E-state index >= 15 is 0 Å². The Labute approximate surface area is 143 Å². The number of nitrogens with zero attached hydrogens (tertiary/aromatic N) is 2. The fraction of sp³-hybridized carbons (Fsp3) is 0.350. The second kappa shape index (κ2) is 8.58. The van der Waals surface area contributed by atoms with Gasteiger partial charge in [0.15, 0.2) is 0 Å². The molecule has 0 aliphatic carbocycles. The summed E-state index contributed by atoms with van der Waals surface area (Å²) < 4.78 is 18.6. The largest absolute Gasteiger partial charge is 0.364 e. The summed E-state index contributed by atoms with van der Waals surface area (Å²) >= 11 is 0. The number of hydrogen-bond donors (Lipinski definition) is 0. The summed E-state index contributed by atoms with van der Waals surface area (Å²) in [6.45, 7) is 3.88. The van der Waals surface area contributed by atoms with Crippen molar-refractivity contribution in [3.8, 4) is 6.07 Å². The van der Waals surface area contributed by atoms with E-state index in [0.29, 0.717) is 12.2 Å². The lowest BCUT2D eigenvalue weighted by molar-refractivity contribution is 0.0939. The first kappa shape index (κ1) is 18.1. The summed E-state index contributed by atoms with van der Waals surface area (Å²) in [5.41, 5.74) is 3.65. The lowest BCUT2D eigenvalue weighted by atomic mass is 9.98. The van der Waals surface area contributed by atoms with Crippen molar-refractivity contribution >= 4 is 0 Å². The van der Waals surface area contributed by atoms with E-state index in [2.05, 4.69) is 32.0 Å². The maximum atomic E-state index is 12.9. The molecule has 0 fully saturated rings. The molecule has 0 amide bonds. The summed E-state index contributed by atoms with van der Waals surface area (Å²) in [7, 11) is 4.17. The first-order valence-corrected chi connectivity index (χ1v) is 8.10. The molecule has 2 aromatic carbocycles. The van der Waals surface area contributed by atoms with Crippen LogP contribution in [0.5, 0.6) is 0 Å². The standard InChI is InChI=1S/C15H10FNO.C5H13N/c16-13-4-2-11(3-5-13)15-14-6-1-10(8-17)7-12(14)9-18-15;1-4-5-6(2)3/h1-7,15H,9H2;4-5H2,1-3H3.